The Balaban J connectivity index is 3.18. The van der Waals surface area contributed by atoms with Gasteiger partial charge in [0.15, 0.2) is 11.5 Å². The van der Waals surface area contributed by atoms with Gasteiger partial charge in [-0.15, -0.1) is 0 Å². The molecule has 0 aromatic heterocycles. The van der Waals surface area contributed by atoms with E-state index in [1.54, 1.807) is 0 Å². The van der Waals surface area contributed by atoms with Crippen molar-refractivity contribution in [3.63, 3.8) is 0 Å². The van der Waals surface area contributed by atoms with Crippen LogP contribution in [-0.4, -0.2) is 44.3 Å². The van der Waals surface area contributed by atoms with Gasteiger partial charge < -0.3 is 19.5 Å². The quantitative estimate of drug-likeness (QED) is 0.388. The number of hydrogen-bond donors (Lipinski definition) is 1. The summed E-state index contributed by atoms with van der Waals surface area (Å²) < 4.78 is 15.4. The standard InChI is InChI=1S/C16H21N3O6/c1-4-5-11(10-17)18-16(20)12-8-14(24-3)15(25-7-6-23-2)9-13(12)19(21)22/h8-9,11H,4-7H2,1-3H3,(H,18,20). The third-order valence-electron chi connectivity index (χ3n) is 3.31. The van der Waals surface area contributed by atoms with Gasteiger partial charge in [-0.25, -0.2) is 0 Å². The topological polar surface area (TPSA) is 124 Å². The van der Waals surface area contributed by atoms with E-state index in [0.717, 1.165) is 6.07 Å². The Bertz CT molecular complexity index is 656. The molecule has 1 aromatic carbocycles. The molecule has 0 bridgehead atoms. The van der Waals surface area contributed by atoms with E-state index in [-0.39, 0.29) is 23.7 Å². The fraction of sp³-hybridized carbons (Fsp3) is 0.500. The number of nitrogens with zero attached hydrogens (tertiary/aromatic N) is 2. The van der Waals surface area contributed by atoms with Gasteiger partial charge in [0.1, 0.15) is 18.2 Å². The first kappa shape index (κ1) is 20.2. The van der Waals surface area contributed by atoms with Crippen LogP contribution in [-0.2, 0) is 4.74 Å². The summed E-state index contributed by atoms with van der Waals surface area (Å²) in [4.78, 5) is 23.0. The number of ether oxygens (including phenoxy) is 3. The molecule has 1 aromatic rings. The lowest BCUT2D eigenvalue weighted by Crippen LogP contribution is -2.34. The van der Waals surface area contributed by atoms with Crippen LogP contribution in [0.15, 0.2) is 12.1 Å². The highest BCUT2D eigenvalue weighted by molar-refractivity contribution is 5.99. The van der Waals surface area contributed by atoms with Crippen LogP contribution in [0.25, 0.3) is 0 Å². The van der Waals surface area contributed by atoms with Gasteiger partial charge in [-0.3, -0.25) is 14.9 Å². The Hall–Kier alpha value is -2.86. The summed E-state index contributed by atoms with van der Waals surface area (Å²) in [7, 11) is 2.86. The number of nitro groups is 1. The normalized spacial score (nSPS) is 11.3. The molecule has 0 aliphatic carbocycles. The summed E-state index contributed by atoms with van der Waals surface area (Å²) in [6, 6.07) is 3.60. The molecule has 25 heavy (non-hydrogen) atoms. The number of nitro benzene ring substituents is 1. The smallest absolute Gasteiger partial charge is 0.286 e. The maximum Gasteiger partial charge on any atom is 0.286 e. The molecule has 9 nitrogen and oxygen atoms in total. The zero-order chi connectivity index (χ0) is 18.8. The van der Waals surface area contributed by atoms with Crippen LogP contribution in [0.1, 0.15) is 30.1 Å². The minimum Gasteiger partial charge on any atom is -0.493 e. The Labute approximate surface area is 145 Å². The second kappa shape index (κ2) is 10.1. The van der Waals surface area contributed by atoms with Crippen LogP contribution in [0.5, 0.6) is 11.5 Å². The first-order chi connectivity index (χ1) is 12.0. The van der Waals surface area contributed by atoms with Crippen molar-refractivity contribution in [3.8, 4) is 17.6 Å². The fourth-order valence-corrected chi connectivity index (χ4v) is 2.08. The SMILES string of the molecule is CCCC(C#N)NC(=O)c1cc(OC)c(OCCOC)cc1[N+](=O)[O-]. The van der Waals surface area contributed by atoms with E-state index in [9.17, 15) is 14.9 Å². The summed E-state index contributed by atoms with van der Waals surface area (Å²) in [5.41, 5.74) is -0.629. The Morgan fingerprint density at radius 1 is 1.36 bits per heavy atom. The molecule has 0 fully saturated rings. The number of benzene rings is 1. The summed E-state index contributed by atoms with van der Waals surface area (Å²) in [5.74, 6) is -0.405. The Kier molecular flexibility index (Phi) is 8.15. The lowest BCUT2D eigenvalue weighted by molar-refractivity contribution is -0.385. The third kappa shape index (κ3) is 5.61. The maximum absolute atomic E-state index is 12.4. The zero-order valence-corrected chi connectivity index (χ0v) is 14.4. The van der Waals surface area contributed by atoms with Crippen LogP contribution < -0.4 is 14.8 Å². The molecule has 9 heteroatoms. The van der Waals surface area contributed by atoms with E-state index in [0.29, 0.717) is 19.4 Å². The average molecular weight is 351 g/mol. The van der Waals surface area contributed by atoms with Crippen molar-refractivity contribution in [2.24, 2.45) is 0 Å². The van der Waals surface area contributed by atoms with Gasteiger partial charge in [-0.2, -0.15) is 5.26 Å². The average Bonchev–Trinajstić information content (AvgIpc) is 2.60. The third-order valence-corrected chi connectivity index (χ3v) is 3.31. The van der Waals surface area contributed by atoms with E-state index in [1.165, 1.54) is 20.3 Å². The van der Waals surface area contributed by atoms with Gasteiger partial charge in [-0.05, 0) is 6.42 Å². The molecule has 0 saturated heterocycles. The zero-order valence-electron chi connectivity index (χ0n) is 14.4. The minimum atomic E-state index is -0.722. The Morgan fingerprint density at radius 3 is 2.60 bits per heavy atom. The molecule has 136 valence electrons. The first-order valence-corrected chi connectivity index (χ1v) is 7.67. The number of nitriles is 1. The molecule has 0 aliphatic rings. The van der Waals surface area contributed by atoms with E-state index >= 15 is 0 Å². The number of carbonyl (C=O) groups is 1. The highest BCUT2D eigenvalue weighted by Gasteiger charge is 2.26. The fourth-order valence-electron chi connectivity index (χ4n) is 2.08. The molecule has 0 spiro atoms. The van der Waals surface area contributed by atoms with Gasteiger partial charge in [-0.1, -0.05) is 13.3 Å². The van der Waals surface area contributed by atoms with Gasteiger partial charge >= 0.3 is 0 Å². The molecule has 1 rings (SSSR count). The molecule has 0 radical (unpaired) electrons. The van der Waals surface area contributed by atoms with Crippen LogP contribution in [0.3, 0.4) is 0 Å². The highest BCUT2D eigenvalue weighted by Crippen LogP contribution is 2.34. The van der Waals surface area contributed by atoms with Gasteiger partial charge in [0.2, 0.25) is 0 Å². The van der Waals surface area contributed by atoms with Gasteiger partial charge in [0.25, 0.3) is 11.6 Å². The monoisotopic (exact) mass is 351 g/mol. The lowest BCUT2D eigenvalue weighted by Gasteiger charge is -2.14. The molecular formula is C16H21N3O6. The van der Waals surface area contributed by atoms with E-state index < -0.39 is 22.6 Å². The maximum atomic E-state index is 12.4. The summed E-state index contributed by atoms with van der Waals surface area (Å²) in [6.45, 7) is 2.33. The molecule has 0 heterocycles. The van der Waals surface area contributed by atoms with Crippen molar-refractivity contribution in [1.82, 2.24) is 5.32 Å². The number of nitrogens with one attached hydrogen (secondary N) is 1. The predicted octanol–water partition coefficient (Wildman–Crippen LogP) is 2.05. The first-order valence-electron chi connectivity index (χ1n) is 7.67. The number of amides is 1. The van der Waals surface area contributed by atoms with Crippen molar-refractivity contribution >= 4 is 11.6 Å². The van der Waals surface area contributed by atoms with Crippen LogP contribution in [0.4, 0.5) is 5.69 Å². The summed E-state index contributed by atoms with van der Waals surface area (Å²) in [5, 5.41) is 22.9. The minimum absolute atomic E-state index is 0.133. The molecule has 1 amide bonds. The van der Waals surface area contributed by atoms with Crippen molar-refractivity contribution in [3.05, 3.63) is 27.8 Å². The van der Waals surface area contributed by atoms with E-state index in [4.69, 9.17) is 19.5 Å². The van der Waals surface area contributed by atoms with Gasteiger partial charge in [0.05, 0.1) is 30.8 Å². The predicted molar refractivity (Wildman–Crippen MR) is 88.8 cm³/mol. The van der Waals surface area contributed by atoms with Crippen molar-refractivity contribution in [2.75, 3.05) is 27.4 Å². The lowest BCUT2D eigenvalue weighted by atomic mass is 10.1. The van der Waals surface area contributed by atoms with Crippen molar-refractivity contribution in [1.29, 1.82) is 5.26 Å². The largest absolute Gasteiger partial charge is 0.493 e. The highest BCUT2D eigenvalue weighted by atomic mass is 16.6. The number of carbonyl (C=O) groups excluding carboxylic acids is 1. The molecule has 1 N–H and O–H groups in total. The number of hydrogen-bond acceptors (Lipinski definition) is 7. The Morgan fingerprint density at radius 2 is 2.08 bits per heavy atom. The number of rotatable bonds is 10. The molecule has 1 atom stereocenters. The van der Waals surface area contributed by atoms with Gasteiger partial charge in [0, 0.05) is 13.2 Å². The van der Waals surface area contributed by atoms with Crippen molar-refractivity contribution in [2.45, 2.75) is 25.8 Å². The molecule has 1 unspecified atom stereocenters. The van der Waals surface area contributed by atoms with Crippen LogP contribution >= 0.6 is 0 Å². The van der Waals surface area contributed by atoms with Crippen LogP contribution in [0, 0.1) is 21.4 Å². The molecule has 0 aliphatic heterocycles. The second-order valence-corrected chi connectivity index (χ2v) is 5.06. The van der Waals surface area contributed by atoms with Crippen LogP contribution in [0.2, 0.25) is 0 Å². The molecule has 0 saturated carbocycles. The van der Waals surface area contributed by atoms with E-state index in [1.807, 2.05) is 13.0 Å². The number of methoxy groups -OCH3 is 2. The summed E-state index contributed by atoms with van der Waals surface area (Å²) in [6.07, 6.45) is 1.14. The molecular weight excluding hydrogens is 330 g/mol. The second-order valence-electron chi connectivity index (χ2n) is 5.06. The summed E-state index contributed by atoms with van der Waals surface area (Å²) >= 11 is 0. The van der Waals surface area contributed by atoms with Crippen molar-refractivity contribution < 1.29 is 23.9 Å². The van der Waals surface area contributed by atoms with E-state index in [2.05, 4.69) is 5.32 Å².